The molecular formula is C11H11ClFN3O. The van der Waals surface area contributed by atoms with Gasteiger partial charge in [-0.25, -0.2) is 4.39 Å². The molecule has 4 nitrogen and oxygen atoms in total. The van der Waals surface area contributed by atoms with Crippen molar-refractivity contribution in [1.82, 2.24) is 10.2 Å². The molecule has 0 spiro atoms. The Morgan fingerprint density at radius 3 is 2.82 bits per heavy atom. The molecule has 0 radical (unpaired) electrons. The van der Waals surface area contributed by atoms with Gasteiger partial charge in [0.15, 0.2) is 0 Å². The summed E-state index contributed by atoms with van der Waals surface area (Å²) in [5.74, 6) is 0.337. The Hall–Kier alpha value is -1.62. The highest BCUT2D eigenvalue weighted by Gasteiger charge is 2.04. The van der Waals surface area contributed by atoms with E-state index in [1.54, 1.807) is 18.2 Å². The van der Waals surface area contributed by atoms with Gasteiger partial charge in [-0.1, -0.05) is 23.3 Å². The number of halogens is 2. The number of benzene rings is 1. The first kappa shape index (κ1) is 11.9. The van der Waals surface area contributed by atoms with Crippen molar-refractivity contribution in [2.75, 3.05) is 11.9 Å². The van der Waals surface area contributed by atoms with Crippen molar-refractivity contribution in [2.24, 2.45) is 0 Å². The molecule has 0 saturated carbocycles. The van der Waals surface area contributed by atoms with Crippen LogP contribution in [0.1, 0.15) is 11.5 Å². The van der Waals surface area contributed by atoms with Crippen LogP contribution in [-0.2, 0) is 12.3 Å². The average Bonchev–Trinajstić information content (AvgIpc) is 2.80. The molecule has 1 N–H and O–H groups in total. The monoisotopic (exact) mass is 255 g/mol. The van der Waals surface area contributed by atoms with E-state index in [1.165, 1.54) is 6.07 Å². The predicted octanol–water partition coefficient (Wildman–Crippen LogP) is 2.60. The number of hydrogen-bond donors (Lipinski definition) is 1. The second-order valence-electron chi connectivity index (χ2n) is 3.40. The van der Waals surface area contributed by atoms with Crippen LogP contribution in [0.15, 0.2) is 28.7 Å². The molecule has 0 aliphatic rings. The van der Waals surface area contributed by atoms with Gasteiger partial charge in [0.1, 0.15) is 11.7 Å². The number of anilines is 1. The predicted molar refractivity (Wildman–Crippen MR) is 62.4 cm³/mol. The highest BCUT2D eigenvalue weighted by Crippen LogP contribution is 2.09. The van der Waals surface area contributed by atoms with Crippen LogP contribution in [0.2, 0.25) is 0 Å². The van der Waals surface area contributed by atoms with Gasteiger partial charge in [0.05, 0.1) is 0 Å². The Labute approximate surface area is 103 Å². The zero-order valence-corrected chi connectivity index (χ0v) is 9.75. The van der Waals surface area contributed by atoms with Crippen molar-refractivity contribution in [1.29, 1.82) is 0 Å². The molecule has 2 aromatic rings. The minimum Gasteiger partial charge on any atom is -0.407 e. The van der Waals surface area contributed by atoms with E-state index in [9.17, 15) is 4.39 Å². The third-order valence-electron chi connectivity index (χ3n) is 2.21. The van der Waals surface area contributed by atoms with Crippen LogP contribution >= 0.6 is 11.6 Å². The fourth-order valence-corrected chi connectivity index (χ4v) is 1.49. The fourth-order valence-electron chi connectivity index (χ4n) is 1.38. The van der Waals surface area contributed by atoms with E-state index in [1.807, 2.05) is 0 Å². The summed E-state index contributed by atoms with van der Waals surface area (Å²) in [6.07, 6.45) is 0.547. The maximum absolute atomic E-state index is 13.3. The van der Waals surface area contributed by atoms with Gasteiger partial charge in [-0.2, -0.15) is 0 Å². The Morgan fingerprint density at radius 1 is 1.29 bits per heavy atom. The molecule has 1 heterocycles. The third kappa shape index (κ3) is 3.17. The van der Waals surface area contributed by atoms with Gasteiger partial charge in [0, 0.05) is 6.54 Å². The van der Waals surface area contributed by atoms with E-state index in [-0.39, 0.29) is 11.7 Å². The lowest BCUT2D eigenvalue weighted by Gasteiger charge is -2.02. The lowest BCUT2D eigenvalue weighted by molar-refractivity contribution is 0.525. The summed E-state index contributed by atoms with van der Waals surface area (Å²) in [5, 5.41) is 10.3. The van der Waals surface area contributed by atoms with Gasteiger partial charge in [-0.15, -0.1) is 16.7 Å². The maximum atomic E-state index is 13.3. The zero-order valence-electron chi connectivity index (χ0n) is 8.99. The molecule has 0 unspecified atom stereocenters. The summed E-state index contributed by atoms with van der Waals surface area (Å²) >= 11 is 5.52. The minimum absolute atomic E-state index is 0.183. The molecule has 0 saturated heterocycles. The molecule has 1 aromatic carbocycles. The third-order valence-corrected chi connectivity index (χ3v) is 2.44. The second-order valence-corrected chi connectivity index (χ2v) is 3.67. The molecule has 0 bridgehead atoms. The van der Waals surface area contributed by atoms with E-state index in [4.69, 9.17) is 16.0 Å². The van der Waals surface area contributed by atoms with Gasteiger partial charge in [0.2, 0.25) is 5.89 Å². The maximum Gasteiger partial charge on any atom is 0.315 e. The lowest BCUT2D eigenvalue weighted by Crippen LogP contribution is -2.06. The largest absolute Gasteiger partial charge is 0.407 e. The minimum atomic E-state index is -0.207. The summed E-state index contributed by atoms with van der Waals surface area (Å²) in [7, 11) is 0. The molecule has 0 aliphatic heterocycles. The standard InChI is InChI=1S/C11H11ClFN3O/c12-7-10-15-16-11(17-10)14-6-5-8-3-1-2-4-9(8)13/h1-4H,5-7H2,(H,14,16). The smallest absolute Gasteiger partial charge is 0.315 e. The Kier molecular flexibility index (Phi) is 3.93. The number of nitrogens with one attached hydrogen (secondary N) is 1. The van der Waals surface area contributed by atoms with Gasteiger partial charge in [-0.3, -0.25) is 0 Å². The van der Waals surface area contributed by atoms with Crippen molar-refractivity contribution >= 4 is 17.6 Å². The fraction of sp³-hybridized carbons (Fsp3) is 0.273. The van der Waals surface area contributed by atoms with Crippen LogP contribution in [0.5, 0.6) is 0 Å². The Morgan fingerprint density at radius 2 is 2.12 bits per heavy atom. The first-order chi connectivity index (χ1) is 8.29. The molecule has 0 amide bonds. The average molecular weight is 256 g/mol. The van der Waals surface area contributed by atoms with Gasteiger partial charge in [-0.05, 0) is 18.1 Å². The summed E-state index contributed by atoms with van der Waals surface area (Å²) in [6.45, 7) is 0.519. The number of alkyl halides is 1. The highest BCUT2D eigenvalue weighted by atomic mass is 35.5. The summed E-state index contributed by atoms with van der Waals surface area (Å²) in [6, 6.07) is 6.95. The van der Waals surface area contributed by atoms with E-state index in [0.29, 0.717) is 30.4 Å². The molecule has 17 heavy (non-hydrogen) atoms. The van der Waals surface area contributed by atoms with Crippen LogP contribution in [0.3, 0.4) is 0 Å². The van der Waals surface area contributed by atoms with Crippen LogP contribution in [0, 0.1) is 5.82 Å². The van der Waals surface area contributed by atoms with Gasteiger partial charge in [0.25, 0.3) is 0 Å². The summed E-state index contributed by atoms with van der Waals surface area (Å²) in [5.41, 5.74) is 0.650. The number of hydrogen-bond acceptors (Lipinski definition) is 4. The molecular weight excluding hydrogens is 245 g/mol. The van der Waals surface area contributed by atoms with Crippen LogP contribution in [-0.4, -0.2) is 16.7 Å². The molecule has 2 rings (SSSR count). The van der Waals surface area contributed by atoms with E-state index in [2.05, 4.69) is 15.5 Å². The highest BCUT2D eigenvalue weighted by molar-refractivity contribution is 6.16. The van der Waals surface area contributed by atoms with E-state index >= 15 is 0 Å². The molecule has 1 aromatic heterocycles. The van der Waals surface area contributed by atoms with Crippen LogP contribution < -0.4 is 5.32 Å². The zero-order chi connectivity index (χ0) is 12.1. The van der Waals surface area contributed by atoms with Crippen molar-refractivity contribution in [3.63, 3.8) is 0 Å². The Balaban J connectivity index is 1.85. The number of rotatable bonds is 5. The summed E-state index contributed by atoms with van der Waals surface area (Å²) < 4.78 is 18.4. The first-order valence-corrected chi connectivity index (χ1v) is 5.68. The molecule has 0 aliphatic carbocycles. The Bertz CT molecular complexity index is 489. The SMILES string of the molecule is Fc1ccccc1CCNc1nnc(CCl)o1. The van der Waals surface area contributed by atoms with Crippen LogP contribution in [0.4, 0.5) is 10.4 Å². The molecule has 0 fully saturated rings. The number of aromatic nitrogens is 2. The van der Waals surface area contributed by atoms with Crippen molar-refractivity contribution in [2.45, 2.75) is 12.3 Å². The van der Waals surface area contributed by atoms with E-state index in [0.717, 1.165) is 0 Å². The number of nitrogens with zero attached hydrogens (tertiary/aromatic N) is 2. The van der Waals surface area contributed by atoms with Gasteiger partial charge < -0.3 is 9.73 Å². The second kappa shape index (κ2) is 5.63. The molecule has 6 heteroatoms. The molecule has 0 atom stereocenters. The van der Waals surface area contributed by atoms with Crippen molar-refractivity contribution < 1.29 is 8.81 Å². The van der Waals surface area contributed by atoms with Gasteiger partial charge >= 0.3 is 6.01 Å². The quantitative estimate of drug-likeness (QED) is 0.835. The topological polar surface area (TPSA) is 51.0 Å². The van der Waals surface area contributed by atoms with Crippen molar-refractivity contribution in [3.05, 3.63) is 41.5 Å². The summed E-state index contributed by atoms with van der Waals surface area (Å²) in [4.78, 5) is 0. The lowest BCUT2D eigenvalue weighted by atomic mass is 10.1. The molecule has 90 valence electrons. The van der Waals surface area contributed by atoms with Crippen LogP contribution in [0.25, 0.3) is 0 Å². The normalized spacial score (nSPS) is 10.5. The first-order valence-electron chi connectivity index (χ1n) is 5.15. The van der Waals surface area contributed by atoms with Crippen molar-refractivity contribution in [3.8, 4) is 0 Å². The van der Waals surface area contributed by atoms with E-state index < -0.39 is 0 Å².